The van der Waals surface area contributed by atoms with Crippen LogP contribution in [0.3, 0.4) is 0 Å². The highest BCUT2D eigenvalue weighted by molar-refractivity contribution is 6.37. The Hall–Kier alpha value is -1.84. The van der Waals surface area contributed by atoms with Crippen molar-refractivity contribution in [3.63, 3.8) is 0 Å². The fourth-order valence-corrected chi connectivity index (χ4v) is 1.51. The Bertz CT molecular complexity index is 412. The molecular formula is C14H19NO3. The molecule has 0 aliphatic rings. The van der Waals surface area contributed by atoms with E-state index in [4.69, 9.17) is 0 Å². The van der Waals surface area contributed by atoms with Crippen molar-refractivity contribution in [3.8, 4) is 0 Å². The monoisotopic (exact) mass is 249 g/mol. The zero-order valence-electron chi connectivity index (χ0n) is 11.0. The summed E-state index contributed by atoms with van der Waals surface area (Å²) in [7, 11) is 0. The van der Waals surface area contributed by atoms with Gasteiger partial charge in [0.25, 0.3) is 0 Å². The Morgan fingerprint density at radius 3 is 2.33 bits per heavy atom. The molecule has 0 spiro atoms. The number of carbonyl (C=O) groups is 2. The van der Waals surface area contributed by atoms with Crippen LogP contribution in [0.4, 0.5) is 5.69 Å². The molecule has 4 heteroatoms. The Morgan fingerprint density at radius 2 is 1.83 bits per heavy atom. The van der Waals surface area contributed by atoms with Gasteiger partial charge in [0.2, 0.25) is 0 Å². The SMILES string of the molecule is CCOC(=O)C(=O)Nc1ccc([C@H](C)CC)cc1. The van der Waals surface area contributed by atoms with Crippen molar-refractivity contribution in [2.45, 2.75) is 33.1 Å². The minimum absolute atomic E-state index is 0.194. The van der Waals surface area contributed by atoms with Crippen molar-refractivity contribution in [1.29, 1.82) is 0 Å². The number of rotatable bonds is 4. The van der Waals surface area contributed by atoms with Crippen molar-refractivity contribution in [1.82, 2.24) is 0 Å². The van der Waals surface area contributed by atoms with Crippen LogP contribution in [0.5, 0.6) is 0 Å². The number of nitrogens with one attached hydrogen (secondary N) is 1. The molecule has 1 aromatic rings. The van der Waals surface area contributed by atoms with Gasteiger partial charge in [-0.3, -0.25) is 4.79 Å². The Balaban J connectivity index is 2.64. The number of esters is 1. The van der Waals surface area contributed by atoms with Gasteiger partial charge in [0.05, 0.1) is 6.61 Å². The van der Waals surface area contributed by atoms with E-state index in [1.54, 1.807) is 19.1 Å². The topological polar surface area (TPSA) is 55.4 Å². The lowest BCUT2D eigenvalue weighted by Gasteiger charge is -2.10. The van der Waals surface area contributed by atoms with Crippen LogP contribution in [0.2, 0.25) is 0 Å². The van der Waals surface area contributed by atoms with E-state index < -0.39 is 11.9 Å². The van der Waals surface area contributed by atoms with E-state index in [1.807, 2.05) is 12.1 Å². The minimum atomic E-state index is -0.858. The number of benzene rings is 1. The van der Waals surface area contributed by atoms with Gasteiger partial charge in [-0.15, -0.1) is 0 Å². The Morgan fingerprint density at radius 1 is 1.22 bits per heavy atom. The molecule has 0 aromatic heterocycles. The Labute approximate surface area is 107 Å². The van der Waals surface area contributed by atoms with Gasteiger partial charge in [0, 0.05) is 5.69 Å². The molecule has 0 unspecified atom stereocenters. The maximum Gasteiger partial charge on any atom is 0.397 e. The fraction of sp³-hybridized carbons (Fsp3) is 0.429. The first-order valence-corrected chi connectivity index (χ1v) is 6.16. The number of hydrogen-bond acceptors (Lipinski definition) is 3. The molecule has 0 aliphatic carbocycles. The van der Waals surface area contributed by atoms with E-state index in [0.717, 1.165) is 6.42 Å². The van der Waals surface area contributed by atoms with Crippen molar-refractivity contribution in [2.75, 3.05) is 11.9 Å². The molecule has 0 heterocycles. The third kappa shape index (κ3) is 3.87. The number of anilines is 1. The third-order valence-electron chi connectivity index (χ3n) is 2.81. The smallest absolute Gasteiger partial charge is 0.397 e. The summed E-state index contributed by atoms with van der Waals surface area (Å²) in [6.07, 6.45) is 1.06. The molecule has 0 saturated carbocycles. The first-order chi connectivity index (χ1) is 8.58. The van der Waals surface area contributed by atoms with Crippen LogP contribution in [0.1, 0.15) is 38.7 Å². The van der Waals surface area contributed by atoms with Crippen LogP contribution in [0, 0.1) is 0 Å². The third-order valence-corrected chi connectivity index (χ3v) is 2.81. The molecule has 1 aromatic carbocycles. The maximum absolute atomic E-state index is 11.4. The summed E-state index contributed by atoms with van der Waals surface area (Å²) in [6.45, 7) is 6.12. The highest BCUT2D eigenvalue weighted by atomic mass is 16.5. The largest absolute Gasteiger partial charge is 0.459 e. The highest BCUT2D eigenvalue weighted by Crippen LogP contribution is 2.20. The van der Waals surface area contributed by atoms with E-state index in [0.29, 0.717) is 11.6 Å². The van der Waals surface area contributed by atoms with E-state index in [2.05, 4.69) is 23.9 Å². The second-order valence-corrected chi connectivity index (χ2v) is 4.11. The molecule has 0 saturated heterocycles. The van der Waals surface area contributed by atoms with Gasteiger partial charge in [-0.1, -0.05) is 26.0 Å². The maximum atomic E-state index is 11.4. The predicted molar refractivity (Wildman–Crippen MR) is 70.4 cm³/mol. The molecule has 1 N–H and O–H groups in total. The van der Waals surface area contributed by atoms with Crippen molar-refractivity contribution in [2.24, 2.45) is 0 Å². The predicted octanol–water partition coefficient (Wildman–Crippen LogP) is 2.70. The molecule has 1 atom stereocenters. The molecule has 4 nitrogen and oxygen atoms in total. The van der Waals surface area contributed by atoms with Crippen LogP contribution < -0.4 is 5.32 Å². The Kier molecular flexibility index (Phi) is 5.36. The summed E-state index contributed by atoms with van der Waals surface area (Å²) in [4.78, 5) is 22.5. The van der Waals surface area contributed by atoms with Gasteiger partial charge in [0.1, 0.15) is 0 Å². The standard InChI is InChI=1S/C14H19NO3/c1-4-10(3)11-6-8-12(9-7-11)15-13(16)14(17)18-5-2/h6-10H,4-5H2,1-3H3,(H,15,16)/t10-/m1/s1. The van der Waals surface area contributed by atoms with Crippen LogP contribution in [0.15, 0.2) is 24.3 Å². The zero-order valence-corrected chi connectivity index (χ0v) is 11.0. The van der Waals surface area contributed by atoms with E-state index in [9.17, 15) is 9.59 Å². The normalized spacial score (nSPS) is 11.7. The number of carbonyl (C=O) groups excluding carboxylic acids is 2. The number of ether oxygens (including phenoxy) is 1. The van der Waals surface area contributed by atoms with Crippen LogP contribution in [-0.4, -0.2) is 18.5 Å². The molecule has 0 bridgehead atoms. The minimum Gasteiger partial charge on any atom is -0.459 e. The van der Waals surface area contributed by atoms with Crippen molar-refractivity contribution in [3.05, 3.63) is 29.8 Å². The molecule has 0 radical (unpaired) electrons. The van der Waals surface area contributed by atoms with Gasteiger partial charge in [-0.25, -0.2) is 4.79 Å². The van der Waals surface area contributed by atoms with Gasteiger partial charge >= 0.3 is 11.9 Å². The highest BCUT2D eigenvalue weighted by Gasteiger charge is 2.14. The van der Waals surface area contributed by atoms with E-state index in [-0.39, 0.29) is 6.61 Å². The van der Waals surface area contributed by atoms with Gasteiger partial charge in [-0.2, -0.15) is 0 Å². The lowest BCUT2D eigenvalue weighted by atomic mass is 9.99. The summed E-state index contributed by atoms with van der Waals surface area (Å²) in [5, 5.41) is 2.50. The van der Waals surface area contributed by atoms with Crippen LogP contribution in [0.25, 0.3) is 0 Å². The van der Waals surface area contributed by atoms with Gasteiger partial charge < -0.3 is 10.1 Å². The first-order valence-electron chi connectivity index (χ1n) is 6.16. The quantitative estimate of drug-likeness (QED) is 0.659. The summed E-state index contributed by atoms with van der Waals surface area (Å²) in [5.41, 5.74) is 1.81. The number of hydrogen-bond donors (Lipinski definition) is 1. The fourth-order valence-electron chi connectivity index (χ4n) is 1.51. The summed E-state index contributed by atoms with van der Waals surface area (Å²) in [5.74, 6) is -1.11. The van der Waals surface area contributed by atoms with E-state index >= 15 is 0 Å². The molecule has 1 rings (SSSR count). The van der Waals surface area contributed by atoms with Crippen LogP contribution in [-0.2, 0) is 14.3 Å². The lowest BCUT2D eigenvalue weighted by molar-refractivity contribution is -0.152. The molecule has 0 aliphatic heterocycles. The van der Waals surface area contributed by atoms with E-state index in [1.165, 1.54) is 5.56 Å². The van der Waals surface area contributed by atoms with Gasteiger partial charge in [0.15, 0.2) is 0 Å². The zero-order chi connectivity index (χ0) is 13.5. The summed E-state index contributed by atoms with van der Waals surface area (Å²) in [6, 6.07) is 7.49. The average molecular weight is 249 g/mol. The summed E-state index contributed by atoms with van der Waals surface area (Å²) < 4.78 is 4.60. The van der Waals surface area contributed by atoms with Crippen molar-refractivity contribution >= 4 is 17.6 Å². The van der Waals surface area contributed by atoms with Gasteiger partial charge in [-0.05, 0) is 37.0 Å². The molecular weight excluding hydrogens is 230 g/mol. The molecule has 18 heavy (non-hydrogen) atoms. The molecule has 1 amide bonds. The lowest BCUT2D eigenvalue weighted by Crippen LogP contribution is -2.24. The number of amides is 1. The summed E-state index contributed by atoms with van der Waals surface area (Å²) >= 11 is 0. The second-order valence-electron chi connectivity index (χ2n) is 4.11. The first kappa shape index (κ1) is 14.2. The van der Waals surface area contributed by atoms with Crippen molar-refractivity contribution < 1.29 is 14.3 Å². The second kappa shape index (κ2) is 6.79. The molecule has 98 valence electrons. The molecule has 0 fully saturated rings. The van der Waals surface area contributed by atoms with Crippen LogP contribution >= 0.6 is 0 Å². The average Bonchev–Trinajstić information content (AvgIpc) is 2.39.